The summed E-state index contributed by atoms with van der Waals surface area (Å²) < 4.78 is 1.22. The predicted octanol–water partition coefficient (Wildman–Crippen LogP) is 7.59. The molecule has 0 spiro atoms. The predicted molar refractivity (Wildman–Crippen MR) is 135 cm³/mol. The fraction of sp³-hybridized carbons (Fsp3) is 0.200. The van der Waals surface area contributed by atoms with Crippen LogP contribution in [0.25, 0.3) is 20.8 Å². The Morgan fingerprint density at radius 2 is 1.60 bits per heavy atom. The molecule has 1 aromatic heterocycles. The Balaban J connectivity index is 1.40. The smallest absolute Gasteiger partial charge is 0.175 e. The van der Waals surface area contributed by atoms with Crippen LogP contribution < -0.4 is 10.6 Å². The molecule has 0 saturated carbocycles. The second-order valence-electron chi connectivity index (χ2n) is 7.58. The lowest BCUT2D eigenvalue weighted by Crippen LogP contribution is -2.18. The quantitative estimate of drug-likeness (QED) is 0.319. The van der Waals surface area contributed by atoms with Crippen LogP contribution in [0.5, 0.6) is 0 Å². The molecule has 0 aliphatic rings. The van der Waals surface area contributed by atoms with Gasteiger partial charge in [0.15, 0.2) is 5.11 Å². The zero-order chi connectivity index (χ0) is 21.1. The zero-order valence-electron chi connectivity index (χ0n) is 17.4. The van der Waals surface area contributed by atoms with E-state index in [-0.39, 0.29) is 0 Å². The van der Waals surface area contributed by atoms with Crippen LogP contribution in [-0.4, -0.2) is 10.1 Å². The van der Waals surface area contributed by atoms with Crippen LogP contribution in [0.2, 0.25) is 0 Å². The van der Waals surface area contributed by atoms with E-state index in [1.165, 1.54) is 15.8 Å². The maximum atomic E-state index is 5.47. The molecule has 1 heterocycles. The largest absolute Gasteiger partial charge is 0.332 e. The lowest BCUT2D eigenvalue weighted by molar-refractivity contribution is 0.734. The number of rotatable bonds is 5. The van der Waals surface area contributed by atoms with Crippen molar-refractivity contribution in [3.05, 3.63) is 77.9 Å². The van der Waals surface area contributed by atoms with Crippen LogP contribution in [0.15, 0.2) is 66.7 Å². The molecule has 5 heteroatoms. The Morgan fingerprint density at radius 1 is 0.967 bits per heavy atom. The molecule has 1 unspecified atom stereocenters. The molecule has 0 fully saturated rings. The summed E-state index contributed by atoms with van der Waals surface area (Å²) in [6.45, 7) is 6.56. The van der Waals surface area contributed by atoms with Crippen molar-refractivity contribution in [3.8, 4) is 10.6 Å². The summed E-state index contributed by atoms with van der Waals surface area (Å²) in [5.41, 5.74) is 6.70. The van der Waals surface area contributed by atoms with E-state index in [0.717, 1.165) is 33.9 Å². The van der Waals surface area contributed by atoms with Crippen molar-refractivity contribution in [1.29, 1.82) is 0 Å². The number of aromatic nitrogens is 1. The lowest BCUT2D eigenvalue weighted by Gasteiger charge is -2.13. The molecule has 0 radical (unpaired) electrons. The first kappa shape index (κ1) is 20.5. The topological polar surface area (TPSA) is 37.0 Å². The Labute approximate surface area is 187 Å². The second kappa shape index (κ2) is 8.94. The van der Waals surface area contributed by atoms with Gasteiger partial charge in [-0.3, -0.25) is 0 Å². The molecule has 4 aromatic rings. The normalized spacial score (nSPS) is 12.0. The van der Waals surface area contributed by atoms with Gasteiger partial charge in [0.05, 0.1) is 10.2 Å². The first-order valence-corrected chi connectivity index (χ1v) is 11.4. The van der Waals surface area contributed by atoms with Crippen LogP contribution in [0.1, 0.15) is 37.3 Å². The third-order valence-electron chi connectivity index (χ3n) is 5.28. The van der Waals surface area contributed by atoms with E-state index in [9.17, 15) is 0 Å². The fourth-order valence-corrected chi connectivity index (χ4v) is 4.58. The molecule has 0 saturated heterocycles. The molecule has 2 N–H and O–H groups in total. The number of thiocarbonyl (C=S) groups is 1. The first-order valence-electron chi connectivity index (χ1n) is 10.2. The maximum absolute atomic E-state index is 5.47. The minimum absolute atomic E-state index is 0.571. The van der Waals surface area contributed by atoms with Gasteiger partial charge in [0.2, 0.25) is 0 Å². The van der Waals surface area contributed by atoms with E-state index in [2.05, 4.69) is 86.0 Å². The Hall–Kier alpha value is -2.76. The summed E-state index contributed by atoms with van der Waals surface area (Å²) in [4.78, 5) is 4.76. The fourth-order valence-electron chi connectivity index (χ4n) is 3.28. The van der Waals surface area contributed by atoms with E-state index >= 15 is 0 Å². The Morgan fingerprint density at radius 3 is 2.23 bits per heavy atom. The molecule has 30 heavy (non-hydrogen) atoms. The number of fused-ring (bicyclic) bond motifs is 1. The van der Waals surface area contributed by atoms with Crippen LogP contribution in [0.4, 0.5) is 11.4 Å². The van der Waals surface area contributed by atoms with Crippen LogP contribution in [0.3, 0.4) is 0 Å². The third-order valence-corrected chi connectivity index (χ3v) is 6.55. The molecule has 4 rings (SSSR count). The number of aryl methyl sites for hydroxylation is 1. The molecule has 152 valence electrons. The van der Waals surface area contributed by atoms with E-state index in [1.807, 2.05) is 12.1 Å². The van der Waals surface area contributed by atoms with Crippen LogP contribution in [-0.2, 0) is 0 Å². The summed E-state index contributed by atoms with van der Waals surface area (Å²) in [5.74, 6) is 0.571. The average molecular weight is 432 g/mol. The summed E-state index contributed by atoms with van der Waals surface area (Å²) in [6, 6.07) is 23.1. The Kier molecular flexibility index (Phi) is 6.11. The molecule has 3 nitrogen and oxygen atoms in total. The number of benzene rings is 3. The van der Waals surface area contributed by atoms with Gasteiger partial charge in [-0.1, -0.05) is 32.0 Å². The highest BCUT2D eigenvalue weighted by Crippen LogP contribution is 2.31. The molecule has 0 bridgehead atoms. The average Bonchev–Trinajstić information content (AvgIpc) is 3.17. The van der Waals surface area contributed by atoms with Gasteiger partial charge in [-0.25, -0.2) is 4.98 Å². The maximum Gasteiger partial charge on any atom is 0.175 e. The van der Waals surface area contributed by atoms with Crippen molar-refractivity contribution in [2.75, 3.05) is 10.6 Å². The molecule has 3 aromatic carbocycles. The summed E-state index contributed by atoms with van der Waals surface area (Å²) in [6.07, 6.45) is 1.14. The van der Waals surface area contributed by atoms with Gasteiger partial charge in [0, 0.05) is 16.9 Å². The molecular weight excluding hydrogens is 406 g/mol. The molecule has 1 atom stereocenters. The summed E-state index contributed by atoms with van der Waals surface area (Å²) in [7, 11) is 0. The van der Waals surface area contributed by atoms with Gasteiger partial charge in [-0.05, 0) is 91.1 Å². The van der Waals surface area contributed by atoms with Gasteiger partial charge in [0.25, 0.3) is 0 Å². The highest BCUT2D eigenvalue weighted by molar-refractivity contribution is 7.80. The van der Waals surface area contributed by atoms with Gasteiger partial charge in [-0.2, -0.15) is 0 Å². The zero-order valence-corrected chi connectivity index (χ0v) is 19.0. The highest BCUT2D eigenvalue weighted by Gasteiger charge is 2.07. The standard InChI is InChI=1S/C25H25N3S2/c1-4-17(3)18-6-10-20(11-7-18)26-25(29)27-21-12-8-19(9-13-21)24-28-22-14-5-16(2)15-23(22)30-24/h5-15,17H,4H2,1-3H3,(H2,26,27,29). The number of nitrogens with one attached hydrogen (secondary N) is 2. The Bertz CT molecular complexity index is 1160. The van der Waals surface area contributed by atoms with Gasteiger partial charge < -0.3 is 10.6 Å². The van der Waals surface area contributed by atoms with Gasteiger partial charge in [-0.15, -0.1) is 11.3 Å². The SMILES string of the molecule is CCC(C)c1ccc(NC(=S)Nc2ccc(-c3nc4ccc(C)cc4s3)cc2)cc1. The van der Waals surface area contributed by atoms with Crippen LogP contribution in [0, 0.1) is 6.92 Å². The minimum Gasteiger partial charge on any atom is -0.332 e. The summed E-state index contributed by atoms with van der Waals surface area (Å²) in [5, 5.41) is 8.12. The molecular formula is C25H25N3S2. The number of nitrogens with zero attached hydrogens (tertiary/aromatic N) is 1. The number of thiazole rings is 1. The third kappa shape index (κ3) is 4.69. The highest BCUT2D eigenvalue weighted by atomic mass is 32.1. The second-order valence-corrected chi connectivity index (χ2v) is 9.02. The van der Waals surface area contributed by atoms with Gasteiger partial charge in [0.1, 0.15) is 5.01 Å². The van der Waals surface area contributed by atoms with Gasteiger partial charge >= 0.3 is 0 Å². The molecule has 0 amide bonds. The molecule has 0 aliphatic heterocycles. The van der Waals surface area contributed by atoms with Crippen molar-refractivity contribution >= 4 is 50.3 Å². The van der Waals surface area contributed by atoms with Crippen molar-refractivity contribution in [1.82, 2.24) is 4.98 Å². The number of anilines is 2. The van der Waals surface area contributed by atoms with Crippen LogP contribution >= 0.6 is 23.6 Å². The van der Waals surface area contributed by atoms with E-state index in [0.29, 0.717) is 11.0 Å². The minimum atomic E-state index is 0.571. The van der Waals surface area contributed by atoms with Crippen molar-refractivity contribution < 1.29 is 0 Å². The van der Waals surface area contributed by atoms with E-state index in [1.54, 1.807) is 11.3 Å². The van der Waals surface area contributed by atoms with Crippen molar-refractivity contribution in [3.63, 3.8) is 0 Å². The van der Waals surface area contributed by atoms with E-state index < -0.39 is 0 Å². The molecule has 0 aliphatic carbocycles. The number of hydrogen-bond donors (Lipinski definition) is 2. The number of hydrogen-bond acceptors (Lipinski definition) is 3. The van der Waals surface area contributed by atoms with Crippen molar-refractivity contribution in [2.24, 2.45) is 0 Å². The lowest BCUT2D eigenvalue weighted by atomic mass is 9.99. The first-order chi connectivity index (χ1) is 14.5. The monoisotopic (exact) mass is 431 g/mol. The summed E-state index contributed by atoms with van der Waals surface area (Å²) >= 11 is 7.20. The van der Waals surface area contributed by atoms with E-state index in [4.69, 9.17) is 17.2 Å². The van der Waals surface area contributed by atoms with Crippen molar-refractivity contribution in [2.45, 2.75) is 33.1 Å².